The lowest BCUT2D eigenvalue weighted by molar-refractivity contribution is -0.144. The number of hydrazine groups is 1. The molecule has 0 amide bonds. The Bertz CT molecular complexity index is 590. The minimum atomic E-state index is -1.32. The predicted molar refractivity (Wildman–Crippen MR) is 81.3 cm³/mol. The molecule has 1 rings (SSSR count). The van der Waals surface area contributed by atoms with Crippen molar-refractivity contribution < 1.29 is 39.9 Å². The topological polar surface area (TPSA) is 190 Å². The summed E-state index contributed by atoms with van der Waals surface area (Å²) in [7, 11) is 0. The second kappa shape index (κ2) is 9.33. The van der Waals surface area contributed by atoms with Crippen molar-refractivity contribution in [3.8, 4) is 11.5 Å². The zero-order chi connectivity index (χ0) is 18.9. The highest BCUT2D eigenvalue weighted by Crippen LogP contribution is 2.26. The Kier molecular flexibility index (Phi) is 8.22. The highest BCUT2D eigenvalue weighted by atomic mass is 16.4. The molecule has 0 aliphatic rings. The van der Waals surface area contributed by atoms with Crippen molar-refractivity contribution in [2.75, 3.05) is 0 Å². The van der Waals surface area contributed by atoms with Gasteiger partial charge in [-0.1, -0.05) is 6.07 Å². The maximum atomic E-state index is 11.0. The third kappa shape index (κ3) is 7.42. The van der Waals surface area contributed by atoms with E-state index in [1.807, 2.05) is 0 Å². The molecule has 24 heavy (non-hydrogen) atoms. The van der Waals surface area contributed by atoms with Crippen molar-refractivity contribution in [3.05, 3.63) is 23.8 Å². The fraction of sp³-hybridized carbons (Fsp3) is 0.357. The number of phenolic OH excluding ortho intramolecular Hbond substituents is 2. The molecule has 1 aromatic rings. The van der Waals surface area contributed by atoms with E-state index in [4.69, 9.17) is 26.3 Å². The van der Waals surface area contributed by atoms with Crippen LogP contribution in [-0.4, -0.2) is 49.0 Å². The summed E-state index contributed by atoms with van der Waals surface area (Å²) in [6, 6.07) is 4.12. The van der Waals surface area contributed by atoms with Crippen LogP contribution in [0, 0.1) is 0 Å². The summed E-state index contributed by atoms with van der Waals surface area (Å²) >= 11 is 0. The van der Waals surface area contributed by atoms with Crippen LogP contribution in [0.15, 0.2) is 18.2 Å². The second-order valence-electron chi connectivity index (χ2n) is 5.07. The number of benzene rings is 1. The predicted octanol–water partition coefficient (Wildman–Crippen LogP) is -0.117. The zero-order valence-electron chi connectivity index (χ0n) is 12.9. The van der Waals surface area contributed by atoms with Crippen LogP contribution in [0.4, 0.5) is 0 Å². The smallest absolute Gasteiger partial charge is 0.325 e. The number of carboxylic acids is 3. The van der Waals surface area contributed by atoms with Crippen molar-refractivity contribution in [3.63, 3.8) is 0 Å². The largest absolute Gasteiger partial charge is 0.504 e. The molecule has 10 heteroatoms. The van der Waals surface area contributed by atoms with Crippen molar-refractivity contribution in [2.24, 2.45) is 5.84 Å². The van der Waals surface area contributed by atoms with Crippen molar-refractivity contribution in [1.82, 2.24) is 5.43 Å². The van der Waals surface area contributed by atoms with Gasteiger partial charge in [0.15, 0.2) is 11.5 Å². The van der Waals surface area contributed by atoms with E-state index in [0.29, 0.717) is 5.56 Å². The summed E-state index contributed by atoms with van der Waals surface area (Å²) in [4.78, 5) is 30.2. The molecule has 10 nitrogen and oxygen atoms in total. The number of rotatable bonds is 7. The Morgan fingerprint density at radius 1 is 1.04 bits per heavy atom. The lowest BCUT2D eigenvalue weighted by Gasteiger charge is -2.23. The Morgan fingerprint density at radius 3 is 1.88 bits per heavy atom. The molecule has 0 bridgehead atoms. The fourth-order valence-corrected chi connectivity index (χ4v) is 1.49. The van der Waals surface area contributed by atoms with Gasteiger partial charge in [-0.05, 0) is 24.6 Å². The van der Waals surface area contributed by atoms with Gasteiger partial charge in [0, 0.05) is 6.42 Å². The molecule has 0 radical (unpaired) electrons. The van der Waals surface area contributed by atoms with Crippen molar-refractivity contribution in [1.29, 1.82) is 0 Å². The van der Waals surface area contributed by atoms with E-state index in [-0.39, 0.29) is 30.8 Å². The SMILES string of the molecule is CC(Cc1ccc(O)c(O)c1)(NN)C(=O)O.O=C(O)CCC(=O)O. The number of carbonyl (C=O) groups is 3. The standard InChI is InChI=1S/C10H14N2O4.C4H6O4/c1-10(12-11,9(15)16)5-6-2-3-7(13)8(14)4-6;5-3(6)1-2-4(7)8/h2-4,12-14H,5,11H2,1H3,(H,15,16);1-2H2,(H,5,6)(H,7,8). The molecule has 0 heterocycles. The molecule has 1 unspecified atom stereocenters. The third-order valence-corrected chi connectivity index (χ3v) is 2.94. The second-order valence-corrected chi connectivity index (χ2v) is 5.07. The first kappa shape index (κ1) is 21.1. The molecule has 0 saturated heterocycles. The molecule has 0 spiro atoms. The van der Waals surface area contributed by atoms with E-state index >= 15 is 0 Å². The van der Waals surface area contributed by atoms with Crippen molar-refractivity contribution >= 4 is 17.9 Å². The average Bonchev–Trinajstić information content (AvgIpc) is 2.49. The first-order chi connectivity index (χ1) is 11.0. The summed E-state index contributed by atoms with van der Waals surface area (Å²) in [5.74, 6) is 1.40. The summed E-state index contributed by atoms with van der Waals surface area (Å²) in [5, 5.41) is 43.1. The highest BCUT2D eigenvalue weighted by molar-refractivity contribution is 5.78. The van der Waals surface area contributed by atoms with Gasteiger partial charge in [-0.15, -0.1) is 0 Å². The van der Waals surface area contributed by atoms with Gasteiger partial charge in [-0.25, -0.2) is 5.43 Å². The zero-order valence-corrected chi connectivity index (χ0v) is 12.9. The van der Waals surface area contributed by atoms with Gasteiger partial charge in [0.05, 0.1) is 12.8 Å². The van der Waals surface area contributed by atoms with Gasteiger partial charge in [-0.2, -0.15) is 0 Å². The number of carboxylic acid groups (broad SMARTS) is 3. The molecular weight excluding hydrogens is 324 g/mol. The molecule has 134 valence electrons. The minimum absolute atomic E-state index is 0.0900. The molecule has 0 aliphatic heterocycles. The molecule has 1 atom stereocenters. The van der Waals surface area contributed by atoms with Gasteiger partial charge < -0.3 is 25.5 Å². The van der Waals surface area contributed by atoms with E-state index in [9.17, 15) is 19.5 Å². The lowest BCUT2D eigenvalue weighted by Crippen LogP contribution is -2.54. The molecule has 0 aromatic heterocycles. The maximum absolute atomic E-state index is 11.0. The van der Waals surface area contributed by atoms with Crippen LogP contribution in [-0.2, 0) is 20.8 Å². The van der Waals surface area contributed by atoms with Gasteiger partial charge in [0.25, 0.3) is 0 Å². The summed E-state index contributed by atoms with van der Waals surface area (Å²) in [6.07, 6.45) is -0.503. The van der Waals surface area contributed by atoms with Gasteiger partial charge in [-0.3, -0.25) is 20.2 Å². The van der Waals surface area contributed by atoms with Crippen LogP contribution in [0.25, 0.3) is 0 Å². The fourth-order valence-electron chi connectivity index (χ4n) is 1.49. The van der Waals surface area contributed by atoms with Crippen LogP contribution in [0.2, 0.25) is 0 Å². The summed E-state index contributed by atoms with van der Waals surface area (Å²) < 4.78 is 0. The Labute approximate surface area is 137 Å². The number of aliphatic carboxylic acids is 3. The first-order valence-electron chi connectivity index (χ1n) is 6.67. The Morgan fingerprint density at radius 2 is 1.54 bits per heavy atom. The number of phenols is 2. The van der Waals surface area contributed by atoms with Crippen LogP contribution >= 0.6 is 0 Å². The summed E-state index contributed by atoms with van der Waals surface area (Å²) in [5.41, 5.74) is 1.45. The van der Waals surface area contributed by atoms with E-state index in [1.165, 1.54) is 25.1 Å². The Hall–Kier alpha value is -2.85. The van der Waals surface area contributed by atoms with E-state index in [2.05, 4.69) is 5.43 Å². The average molecular weight is 344 g/mol. The highest BCUT2D eigenvalue weighted by Gasteiger charge is 2.32. The number of hydrogen-bond donors (Lipinski definition) is 7. The monoisotopic (exact) mass is 344 g/mol. The minimum Gasteiger partial charge on any atom is -0.504 e. The number of aromatic hydroxyl groups is 2. The molecule has 8 N–H and O–H groups in total. The van der Waals surface area contributed by atoms with Crippen molar-refractivity contribution in [2.45, 2.75) is 31.7 Å². The van der Waals surface area contributed by atoms with Crippen LogP contribution < -0.4 is 11.3 Å². The first-order valence-corrected chi connectivity index (χ1v) is 6.67. The molecule has 1 aromatic carbocycles. The lowest BCUT2D eigenvalue weighted by atomic mass is 9.93. The van der Waals surface area contributed by atoms with Crippen LogP contribution in [0.5, 0.6) is 11.5 Å². The molecule has 0 saturated carbocycles. The quantitative estimate of drug-likeness (QED) is 0.199. The number of nitrogens with one attached hydrogen (secondary N) is 1. The van der Waals surface area contributed by atoms with Gasteiger partial charge in [0.1, 0.15) is 5.54 Å². The Balaban J connectivity index is 0.000000561. The molecule has 0 aliphatic carbocycles. The molecular formula is C14H20N2O8. The van der Waals surface area contributed by atoms with Crippen LogP contribution in [0.1, 0.15) is 25.3 Å². The van der Waals surface area contributed by atoms with E-state index < -0.39 is 23.4 Å². The van der Waals surface area contributed by atoms with Gasteiger partial charge in [0.2, 0.25) is 0 Å². The molecule has 0 fully saturated rings. The van der Waals surface area contributed by atoms with Gasteiger partial charge >= 0.3 is 17.9 Å². The van der Waals surface area contributed by atoms with E-state index in [0.717, 1.165) is 0 Å². The third-order valence-electron chi connectivity index (χ3n) is 2.94. The van der Waals surface area contributed by atoms with Crippen LogP contribution in [0.3, 0.4) is 0 Å². The van der Waals surface area contributed by atoms with E-state index in [1.54, 1.807) is 0 Å². The number of nitrogens with two attached hydrogens (primary N) is 1. The maximum Gasteiger partial charge on any atom is 0.325 e. The normalized spacial score (nSPS) is 12.4. The summed E-state index contributed by atoms with van der Waals surface area (Å²) in [6.45, 7) is 1.43. The number of hydrogen-bond acceptors (Lipinski definition) is 7.